The number of aryl methyl sites for hydroxylation is 1. The van der Waals surface area contributed by atoms with Crippen LogP contribution >= 0.6 is 0 Å². The van der Waals surface area contributed by atoms with Gasteiger partial charge in [-0.25, -0.2) is 18.1 Å². The van der Waals surface area contributed by atoms with Crippen LogP contribution in [0.5, 0.6) is 0 Å². The average Bonchev–Trinajstić information content (AvgIpc) is 3.36. The summed E-state index contributed by atoms with van der Waals surface area (Å²) >= 11 is 0. The molecule has 0 aliphatic carbocycles. The quantitative estimate of drug-likeness (QED) is 0.231. The summed E-state index contributed by atoms with van der Waals surface area (Å²) < 4.78 is 30.6. The van der Waals surface area contributed by atoms with Crippen LogP contribution in [-0.4, -0.2) is 70.0 Å². The molecule has 0 amide bonds. The summed E-state index contributed by atoms with van der Waals surface area (Å²) in [7, 11) is -1.55. The van der Waals surface area contributed by atoms with Gasteiger partial charge in [0.25, 0.3) is 0 Å². The van der Waals surface area contributed by atoms with Crippen LogP contribution in [-0.2, 0) is 16.6 Å². The van der Waals surface area contributed by atoms with Gasteiger partial charge in [-0.05, 0) is 102 Å². The number of anilines is 2. The van der Waals surface area contributed by atoms with Crippen LogP contribution in [0.25, 0.3) is 32.9 Å². The van der Waals surface area contributed by atoms with Crippen molar-refractivity contribution < 1.29 is 13.5 Å². The highest BCUT2D eigenvalue weighted by molar-refractivity contribution is 7.89. The second kappa shape index (κ2) is 11.3. The molecule has 0 radical (unpaired) electrons. The second-order valence-electron chi connectivity index (χ2n) is 12.1. The lowest BCUT2D eigenvalue weighted by molar-refractivity contribution is 0.0591. The molecular weight excluding hydrogens is 562 g/mol. The Labute approximate surface area is 251 Å². The van der Waals surface area contributed by atoms with Crippen LogP contribution in [0.3, 0.4) is 0 Å². The molecule has 2 aromatic carbocycles. The van der Waals surface area contributed by atoms with Gasteiger partial charge in [0.2, 0.25) is 10.0 Å². The first-order chi connectivity index (χ1) is 20.5. The van der Waals surface area contributed by atoms with Crippen molar-refractivity contribution in [2.45, 2.75) is 56.7 Å². The van der Waals surface area contributed by atoms with E-state index in [4.69, 9.17) is 4.98 Å². The lowest BCUT2D eigenvalue weighted by Crippen LogP contribution is -2.43. The first-order valence-corrected chi connectivity index (χ1v) is 16.0. The molecule has 0 spiro atoms. The highest BCUT2D eigenvalue weighted by Gasteiger charge is 2.23. The van der Waals surface area contributed by atoms with Gasteiger partial charge in [0, 0.05) is 45.8 Å². The van der Waals surface area contributed by atoms with E-state index in [9.17, 15) is 13.5 Å². The van der Waals surface area contributed by atoms with Crippen molar-refractivity contribution in [1.82, 2.24) is 29.4 Å². The lowest BCUT2D eigenvalue weighted by atomic mass is 9.98. The molecule has 1 aliphatic heterocycles. The molecule has 0 unspecified atom stereocenters. The predicted molar refractivity (Wildman–Crippen MR) is 170 cm³/mol. The SMILES string of the molecule is Cc1c(-c2nccc3cnc(Nc4ccc(S(=O)(=O)NC5CCN(C)CC5)cc4)cc23)ccc2c1cnn2CC(C)(C)O. The summed E-state index contributed by atoms with van der Waals surface area (Å²) in [5, 5.41) is 21.0. The van der Waals surface area contributed by atoms with Crippen molar-refractivity contribution in [3.63, 3.8) is 0 Å². The molecule has 1 fully saturated rings. The average molecular weight is 600 g/mol. The summed E-state index contributed by atoms with van der Waals surface area (Å²) in [6.45, 7) is 7.76. The van der Waals surface area contributed by atoms with Gasteiger partial charge >= 0.3 is 0 Å². The minimum Gasteiger partial charge on any atom is -0.389 e. The van der Waals surface area contributed by atoms with Gasteiger partial charge in [0.1, 0.15) is 5.82 Å². The normalized spacial score (nSPS) is 15.4. The molecule has 3 N–H and O–H groups in total. The van der Waals surface area contributed by atoms with Crippen molar-refractivity contribution in [2.75, 3.05) is 25.5 Å². The first-order valence-electron chi connectivity index (χ1n) is 14.5. The first kappa shape index (κ1) is 29.2. The number of hydrogen-bond donors (Lipinski definition) is 3. The minimum absolute atomic E-state index is 0.0446. The second-order valence-corrected chi connectivity index (χ2v) is 13.8. The number of likely N-dealkylation sites (tertiary alicyclic amines) is 1. The summed E-state index contributed by atoms with van der Waals surface area (Å²) in [6.07, 6.45) is 7.04. The Hall–Kier alpha value is -3.90. The van der Waals surface area contributed by atoms with Gasteiger partial charge in [-0.15, -0.1) is 0 Å². The number of nitrogens with zero attached hydrogens (tertiary/aromatic N) is 5. The Morgan fingerprint density at radius 1 is 1.00 bits per heavy atom. The highest BCUT2D eigenvalue weighted by atomic mass is 32.2. The zero-order valence-electron chi connectivity index (χ0n) is 24.9. The van der Waals surface area contributed by atoms with E-state index >= 15 is 0 Å². The van der Waals surface area contributed by atoms with Gasteiger partial charge in [0.05, 0.1) is 34.4 Å². The van der Waals surface area contributed by atoms with Gasteiger partial charge in [-0.3, -0.25) is 9.67 Å². The number of hydrogen-bond acceptors (Lipinski definition) is 8. The fourth-order valence-corrected chi connectivity index (χ4v) is 6.97. The smallest absolute Gasteiger partial charge is 0.240 e. The largest absolute Gasteiger partial charge is 0.389 e. The van der Waals surface area contributed by atoms with Crippen molar-refractivity contribution in [3.05, 3.63) is 72.7 Å². The molecule has 0 saturated carbocycles. The van der Waals surface area contributed by atoms with Gasteiger partial charge in [-0.1, -0.05) is 6.07 Å². The fourth-order valence-electron chi connectivity index (χ4n) is 5.67. The lowest BCUT2D eigenvalue weighted by Gasteiger charge is -2.29. The third-order valence-electron chi connectivity index (χ3n) is 8.01. The van der Waals surface area contributed by atoms with Crippen molar-refractivity contribution >= 4 is 43.2 Å². The standard InChI is InChI=1S/C32H37N7O3S/c1-21-26(9-10-29-28(21)19-35-39(29)20-32(2,3)40)31-27-17-30(34-18-22(27)11-14-33-31)36-23-5-7-25(8-6-23)43(41,42)37-24-12-15-38(4)16-13-24/h5-11,14,17-19,24,37,40H,12-13,15-16,20H2,1-4H3,(H,34,36). The summed E-state index contributed by atoms with van der Waals surface area (Å²) in [5.74, 6) is 0.624. The van der Waals surface area contributed by atoms with Gasteiger partial charge < -0.3 is 15.3 Å². The van der Waals surface area contributed by atoms with E-state index in [2.05, 4.69) is 39.0 Å². The third kappa shape index (κ3) is 6.25. The van der Waals surface area contributed by atoms with Gasteiger partial charge in [0.15, 0.2) is 0 Å². The molecule has 1 aliphatic rings. The summed E-state index contributed by atoms with van der Waals surface area (Å²) in [5.41, 5.74) is 3.68. The molecule has 0 atom stereocenters. The maximum atomic E-state index is 13.0. The molecule has 224 valence electrons. The van der Waals surface area contributed by atoms with Crippen LogP contribution in [0.1, 0.15) is 32.3 Å². The molecule has 0 bridgehead atoms. The Kier molecular flexibility index (Phi) is 7.67. The number of piperidine rings is 1. The summed E-state index contributed by atoms with van der Waals surface area (Å²) in [4.78, 5) is 11.8. The highest BCUT2D eigenvalue weighted by Crippen LogP contribution is 2.34. The van der Waals surface area contributed by atoms with Crippen LogP contribution in [0.4, 0.5) is 11.5 Å². The van der Waals surface area contributed by atoms with Crippen LogP contribution in [0.2, 0.25) is 0 Å². The third-order valence-corrected chi connectivity index (χ3v) is 9.55. The van der Waals surface area contributed by atoms with Crippen LogP contribution in [0.15, 0.2) is 72.0 Å². The van der Waals surface area contributed by atoms with Crippen LogP contribution in [0, 0.1) is 6.92 Å². The molecular formula is C32H37N7O3S. The molecule has 4 heterocycles. The van der Waals surface area contributed by atoms with Crippen molar-refractivity contribution in [2.24, 2.45) is 0 Å². The number of nitrogens with one attached hydrogen (secondary N) is 2. The van der Waals surface area contributed by atoms with Crippen molar-refractivity contribution in [1.29, 1.82) is 0 Å². The van der Waals surface area contributed by atoms with E-state index in [1.54, 1.807) is 44.3 Å². The van der Waals surface area contributed by atoms with E-state index in [1.807, 2.05) is 41.3 Å². The monoisotopic (exact) mass is 599 g/mol. The molecule has 1 saturated heterocycles. The number of rotatable bonds is 8. The van der Waals surface area contributed by atoms with E-state index in [1.165, 1.54) is 0 Å². The maximum absolute atomic E-state index is 13.0. The number of aliphatic hydroxyl groups is 1. The molecule has 10 nitrogen and oxygen atoms in total. The number of benzene rings is 2. The zero-order chi connectivity index (χ0) is 30.4. The molecule has 6 rings (SSSR count). The van der Waals surface area contributed by atoms with Gasteiger partial charge in [-0.2, -0.15) is 5.10 Å². The Morgan fingerprint density at radius 2 is 1.74 bits per heavy atom. The number of fused-ring (bicyclic) bond motifs is 2. The summed E-state index contributed by atoms with van der Waals surface area (Å²) in [6, 6.07) is 14.7. The minimum atomic E-state index is -3.60. The predicted octanol–water partition coefficient (Wildman–Crippen LogP) is 4.84. The van der Waals surface area contributed by atoms with E-state index in [0.717, 1.165) is 70.1 Å². The zero-order valence-corrected chi connectivity index (χ0v) is 25.7. The topological polar surface area (TPSA) is 125 Å². The fraction of sp³-hybridized carbons (Fsp3) is 0.344. The van der Waals surface area contributed by atoms with E-state index in [-0.39, 0.29) is 10.9 Å². The van der Waals surface area contributed by atoms with Crippen molar-refractivity contribution in [3.8, 4) is 11.3 Å². The Morgan fingerprint density at radius 3 is 2.47 bits per heavy atom. The maximum Gasteiger partial charge on any atom is 0.240 e. The van der Waals surface area contributed by atoms with Crippen LogP contribution < -0.4 is 10.0 Å². The molecule has 43 heavy (non-hydrogen) atoms. The number of pyridine rings is 2. The molecule has 5 aromatic rings. The number of sulfonamides is 1. The molecule has 11 heteroatoms. The Bertz CT molecular complexity index is 1890. The van der Waals surface area contributed by atoms with E-state index < -0.39 is 15.6 Å². The Balaban J connectivity index is 1.25. The number of aromatic nitrogens is 4. The molecule has 3 aromatic heterocycles. The van der Waals surface area contributed by atoms with E-state index in [0.29, 0.717) is 12.4 Å².